The fraction of sp³-hybridized carbons (Fsp3) is 0.462. The van der Waals surface area contributed by atoms with Crippen LogP contribution in [0.3, 0.4) is 0 Å². The number of nitrogens with zero attached hydrogens (tertiary/aromatic N) is 1. The molecule has 4 N–H and O–H groups in total. The molecule has 0 aliphatic heterocycles. The Morgan fingerprint density at radius 1 is 1.30 bits per heavy atom. The maximum atomic E-state index is 12.3. The van der Waals surface area contributed by atoms with Crippen molar-refractivity contribution in [1.29, 1.82) is 5.26 Å². The second-order valence-electron chi connectivity index (χ2n) is 4.99. The molecule has 0 heterocycles. The largest absolute Gasteiger partial charge is 0.398 e. The Morgan fingerprint density at radius 3 is 2.50 bits per heavy atom. The van der Waals surface area contributed by atoms with Gasteiger partial charge in [-0.3, -0.25) is 0 Å². The summed E-state index contributed by atoms with van der Waals surface area (Å²) in [4.78, 5) is -0.0115. The number of nitriles is 1. The van der Waals surface area contributed by atoms with E-state index in [1.54, 1.807) is 0 Å². The van der Waals surface area contributed by atoms with Crippen LogP contribution in [-0.2, 0) is 10.0 Å². The Balaban J connectivity index is 2.16. The number of nitrogen functional groups attached to an aromatic ring is 1. The molecule has 0 spiro atoms. The minimum absolute atomic E-state index is 0.0115. The summed E-state index contributed by atoms with van der Waals surface area (Å²) in [6.07, 6.45) is 2.06. The van der Waals surface area contributed by atoms with Gasteiger partial charge in [0.1, 0.15) is 4.90 Å². The summed E-state index contributed by atoms with van der Waals surface area (Å²) in [6.45, 7) is 0. The minimum atomic E-state index is -3.70. The van der Waals surface area contributed by atoms with Crippen LogP contribution in [0.25, 0.3) is 0 Å². The highest BCUT2D eigenvalue weighted by Gasteiger charge is 2.26. The highest BCUT2D eigenvalue weighted by Crippen LogP contribution is 2.23. The van der Waals surface area contributed by atoms with Crippen LogP contribution in [-0.4, -0.2) is 25.7 Å². The molecular weight excluding hydrogens is 278 g/mol. The summed E-state index contributed by atoms with van der Waals surface area (Å²) in [7, 11) is -3.70. The number of aliphatic hydroxyl groups excluding tert-OH is 1. The van der Waals surface area contributed by atoms with Gasteiger partial charge in [-0.05, 0) is 43.9 Å². The van der Waals surface area contributed by atoms with Gasteiger partial charge in [0.15, 0.2) is 0 Å². The lowest BCUT2D eigenvalue weighted by molar-refractivity contribution is 0.120. The standard InChI is InChI=1S/C13H17N3O3S/c14-8-9-1-6-13(12(15)7-9)20(18,19)16-10-2-4-11(17)5-3-10/h1,6-7,10-11,16-17H,2-5,15H2. The molecule has 0 unspecified atom stereocenters. The summed E-state index contributed by atoms with van der Waals surface area (Å²) >= 11 is 0. The Hall–Kier alpha value is -1.62. The summed E-state index contributed by atoms with van der Waals surface area (Å²) in [5.41, 5.74) is 6.08. The van der Waals surface area contributed by atoms with Crippen molar-refractivity contribution in [3.8, 4) is 6.07 Å². The third kappa shape index (κ3) is 3.28. The molecule has 1 fully saturated rings. The highest BCUT2D eigenvalue weighted by atomic mass is 32.2. The van der Waals surface area contributed by atoms with Gasteiger partial charge in [-0.1, -0.05) is 0 Å². The van der Waals surface area contributed by atoms with E-state index < -0.39 is 10.0 Å². The predicted octanol–water partition coefficient (Wildman–Crippen LogP) is 0.722. The van der Waals surface area contributed by atoms with Crippen LogP contribution < -0.4 is 10.5 Å². The first-order valence-electron chi connectivity index (χ1n) is 6.42. The van der Waals surface area contributed by atoms with Gasteiger partial charge in [0.05, 0.1) is 23.4 Å². The van der Waals surface area contributed by atoms with Crippen molar-refractivity contribution in [1.82, 2.24) is 4.72 Å². The number of hydrogen-bond acceptors (Lipinski definition) is 5. The number of sulfonamides is 1. The minimum Gasteiger partial charge on any atom is -0.398 e. The molecule has 108 valence electrons. The van der Waals surface area contributed by atoms with Crippen molar-refractivity contribution in [2.45, 2.75) is 42.7 Å². The van der Waals surface area contributed by atoms with E-state index in [0.29, 0.717) is 31.2 Å². The zero-order valence-corrected chi connectivity index (χ0v) is 11.7. The van der Waals surface area contributed by atoms with Crippen LogP contribution in [0.1, 0.15) is 31.2 Å². The third-order valence-corrected chi connectivity index (χ3v) is 5.04. The van der Waals surface area contributed by atoms with E-state index in [-0.39, 0.29) is 22.7 Å². The van der Waals surface area contributed by atoms with Crippen molar-refractivity contribution < 1.29 is 13.5 Å². The normalized spacial score (nSPS) is 23.2. The molecule has 1 aliphatic rings. The summed E-state index contributed by atoms with van der Waals surface area (Å²) in [5.74, 6) is 0. The number of nitrogens with two attached hydrogens (primary N) is 1. The molecule has 0 amide bonds. The number of aliphatic hydroxyl groups is 1. The highest BCUT2D eigenvalue weighted by molar-refractivity contribution is 7.89. The number of rotatable bonds is 3. The first kappa shape index (κ1) is 14.8. The second kappa shape index (κ2) is 5.79. The van der Waals surface area contributed by atoms with Crippen molar-refractivity contribution >= 4 is 15.7 Å². The maximum absolute atomic E-state index is 12.3. The van der Waals surface area contributed by atoms with Crippen LogP contribution in [0.5, 0.6) is 0 Å². The predicted molar refractivity (Wildman–Crippen MR) is 74.2 cm³/mol. The lowest BCUT2D eigenvalue weighted by Crippen LogP contribution is -2.38. The van der Waals surface area contributed by atoms with Gasteiger partial charge in [-0.15, -0.1) is 0 Å². The Bertz CT molecular complexity index is 629. The first-order chi connectivity index (χ1) is 9.42. The first-order valence-corrected chi connectivity index (χ1v) is 7.90. The van der Waals surface area contributed by atoms with Gasteiger partial charge < -0.3 is 10.8 Å². The molecule has 1 aromatic carbocycles. The molecule has 1 saturated carbocycles. The monoisotopic (exact) mass is 295 g/mol. The number of nitrogens with one attached hydrogen (secondary N) is 1. The van der Waals surface area contributed by atoms with Gasteiger partial charge in [0, 0.05) is 6.04 Å². The van der Waals surface area contributed by atoms with E-state index in [1.807, 2.05) is 6.07 Å². The van der Waals surface area contributed by atoms with Crippen molar-refractivity contribution in [2.24, 2.45) is 0 Å². The lowest BCUT2D eigenvalue weighted by Gasteiger charge is -2.26. The average molecular weight is 295 g/mol. The number of anilines is 1. The summed E-state index contributed by atoms with van der Waals surface area (Å²) in [6, 6.07) is 5.84. The molecule has 1 aromatic rings. The average Bonchev–Trinajstić information content (AvgIpc) is 2.40. The SMILES string of the molecule is N#Cc1ccc(S(=O)(=O)NC2CCC(O)CC2)c(N)c1. The van der Waals surface area contributed by atoms with Gasteiger partial charge in [-0.25, -0.2) is 13.1 Å². The van der Waals surface area contributed by atoms with Gasteiger partial charge in [0.25, 0.3) is 0 Å². The molecule has 1 aliphatic carbocycles. The van der Waals surface area contributed by atoms with Crippen LogP contribution in [0.4, 0.5) is 5.69 Å². The van der Waals surface area contributed by atoms with E-state index in [9.17, 15) is 13.5 Å². The molecule has 0 bridgehead atoms. The van der Waals surface area contributed by atoms with Gasteiger partial charge in [0.2, 0.25) is 10.0 Å². The zero-order chi connectivity index (χ0) is 14.8. The van der Waals surface area contributed by atoms with Crippen LogP contribution in [0.15, 0.2) is 23.1 Å². The summed E-state index contributed by atoms with van der Waals surface area (Å²) < 4.78 is 27.1. The molecule has 0 radical (unpaired) electrons. The van der Waals surface area contributed by atoms with Gasteiger partial charge in [-0.2, -0.15) is 5.26 Å². The van der Waals surface area contributed by atoms with Crippen molar-refractivity contribution in [2.75, 3.05) is 5.73 Å². The lowest BCUT2D eigenvalue weighted by atomic mass is 9.94. The number of hydrogen-bond donors (Lipinski definition) is 3. The maximum Gasteiger partial charge on any atom is 0.242 e. The Kier molecular flexibility index (Phi) is 4.28. The van der Waals surface area contributed by atoms with E-state index >= 15 is 0 Å². The molecule has 6 nitrogen and oxygen atoms in total. The summed E-state index contributed by atoms with van der Waals surface area (Å²) in [5, 5.41) is 18.2. The second-order valence-corrected chi connectivity index (χ2v) is 6.67. The quantitative estimate of drug-likeness (QED) is 0.710. The molecule has 0 atom stereocenters. The molecule has 20 heavy (non-hydrogen) atoms. The van der Waals surface area contributed by atoms with E-state index in [4.69, 9.17) is 11.0 Å². The van der Waals surface area contributed by atoms with Crippen LogP contribution in [0, 0.1) is 11.3 Å². The molecule has 7 heteroatoms. The third-order valence-electron chi connectivity index (χ3n) is 3.45. The van der Waals surface area contributed by atoms with Crippen molar-refractivity contribution in [3.63, 3.8) is 0 Å². The van der Waals surface area contributed by atoms with Crippen LogP contribution in [0.2, 0.25) is 0 Å². The van der Waals surface area contributed by atoms with Crippen molar-refractivity contribution in [3.05, 3.63) is 23.8 Å². The molecular formula is C13H17N3O3S. The zero-order valence-electron chi connectivity index (χ0n) is 10.9. The van der Waals surface area contributed by atoms with E-state index in [1.165, 1.54) is 18.2 Å². The van der Waals surface area contributed by atoms with Crippen LogP contribution >= 0.6 is 0 Å². The number of benzene rings is 1. The Labute approximate surface area is 118 Å². The van der Waals surface area contributed by atoms with E-state index in [0.717, 1.165) is 0 Å². The smallest absolute Gasteiger partial charge is 0.242 e. The topological polar surface area (TPSA) is 116 Å². The van der Waals surface area contributed by atoms with Gasteiger partial charge >= 0.3 is 0 Å². The fourth-order valence-electron chi connectivity index (χ4n) is 2.34. The fourth-order valence-corrected chi connectivity index (χ4v) is 3.76. The molecule has 0 saturated heterocycles. The van der Waals surface area contributed by atoms with E-state index in [2.05, 4.69) is 4.72 Å². The molecule has 2 rings (SSSR count). The Morgan fingerprint density at radius 2 is 1.95 bits per heavy atom. The molecule has 0 aromatic heterocycles.